The zero-order valence-electron chi connectivity index (χ0n) is 18.4. The van der Waals surface area contributed by atoms with Crippen LogP contribution in [0.4, 0.5) is 0 Å². The molecule has 0 saturated carbocycles. The second-order valence-electron chi connectivity index (χ2n) is 8.18. The third-order valence-corrected chi connectivity index (χ3v) is 7.71. The number of fused-ring (bicyclic) bond motifs is 1. The Morgan fingerprint density at radius 1 is 1.06 bits per heavy atom. The molecule has 0 radical (unpaired) electrons. The van der Waals surface area contributed by atoms with Gasteiger partial charge in [0.1, 0.15) is 6.54 Å². The Balaban J connectivity index is 1.43. The maximum Gasteiger partial charge on any atom is 0.239 e. The summed E-state index contributed by atoms with van der Waals surface area (Å²) in [6, 6.07) is 14.0. The summed E-state index contributed by atoms with van der Waals surface area (Å²) in [4.78, 5) is 15.1. The third-order valence-electron chi connectivity index (χ3n) is 5.75. The number of hydrogen-bond acceptors (Lipinski definition) is 5. The lowest BCUT2D eigenvalue weighted by molar-refractivity contribution is -0.121. The van der Waals surface area contributed by atoms with Gasteiger partial charge in [0, 0.05) is 41.8 Å². The number of rotatable bonds is 9. The smallest absolute Gasteiger partial charge is 0.239 e. The Morgan fingerprint density at radius 3 is 2.55 bits per heavy atom. The maximum absolute atomic E-state index is 13.2. The topological polar surface area (TPSA) is 80.6 Å². The number of halogens is 1. The van der Waals surface area contributed by atoms with E-state index in [1.807, 2.05) is 12.1 Å². The molecule has 7 nitrogen and oxygen atoms in total. The molecule has 1 amide bonds. The number of carbonyl (C=O) groups is 1. The van der Waals surface area contributed by atoms with E-state index in [1.54, 1.807) is 47.2 Å². The van der Waals surface area contributed by atoms with Gasteiger partial charge in [-0.2, -0.15) is 0 Å². The SMILES string of the molecule is O=C(Cn1cc(S(=O)(=O)Cc2ccc(Cl)cc2)c2ccccc21)NCCCN1CCOCC1. The van der Waals surface area contributed by atoms with Gasteiger partial charge < -0.3 is 14.6 Å². The van der Waals surface area contributed by atoms with Gasteiger partial charge in [0.05, 0.1) is 23.9 Å². The van der Waals surface area contributed by atoms with Crippen molar-refractivity contribution >= 4 is 38.2 Å². The number of benzene rings is 2. The zero-order valence-corrected chi connectivity index (χ0v) is 19.9. The number of nitrogens with one attached hydrogen (secondary N) is 1. The molecule has 9 heteroatoms. The lowest BCUT2D eigenvalue weighted by Crippen LogP contribution is -2.38. The van der Waals surface area contributed by atoms with Gasteiger partial charge in [-0.3, -0.25) is 9.69 Å². The molecular weight excluding hydrogens is 462 g/mol. The fourth-order valence-corrected chi connectivity index (χ4v) is 5.74. The zero-order chi connectivity index (χ0) is 23.3. The lowest BCUT2D eigenvalue weighted by atomic mass is 10.2. The molecule has 2 aromatic carbocycles. The maximum atomic E-state index is 13.2. The molecule has 1 saturated heterocycles. The number of hydrogen-bond donors (Lipinski definition) is 1. The number of carbonyl (C=O) groups excluding carboxylic acids is 1. The molecule has 0 atom stereocenters. The van der Waals surface area contributed by atoms with Crippen LogP contribution in [0.25, 0.3) is 10.9 Å². The summed E-state index contributed by atoms with van der Waals surface area (Å²) in [5.41, 5.74) is 1.38. The molecule has 2 heterocycles. The highest BCUT2D eigenvalue weighted by molar-refractivity contribution is 7.90. The van der Waals surface area contributed by atoms with Crippen molar-refractivity contribution in [3.05, 3.63) is 65.3 Å². The molecule has 3 aromatic rings. The quantitative estimate of drug-likeness (QED) is 0.467. The Bertz CT molecular complexity index is 1200. The molecular formula is C24H28ClN3O4S. The van der Waals surface area contributed by atoms with Crippen molar-refractivity contribution in [2.45, 2.75) is 23.6 Å². The molecule has 1 aromatic heterocycles. The molecule has 33 heavy (non-hydrogen) atoms. The number of aromatic nitrogens is 1. The van der Waals surface area contributed by atoms with Gasteiger partial charge in [-0.15, -0.1) is 0 Å². The van der Waals surface area contributed by atoms with E-state index in [0.29, 0.717) is 22.5 Å². The van der Waals surface area contributed by atoms with Gasteiger partial charge in [-0.1, -0.05) is 41.9 Å². The normalized spacial score (nSPS) is 15.1. The van der Waals surface area contributed by atoms with Crippen LogP contribution in [0.1, 0.15) is 12.0 Å². The first kappa shape index (κ1) is 23.8. The van der Waals surface area contributed by atoms with Crippen molar-refractivity contribution in [2.24, 2.45) is 0 Å². The van der Waals surface area contributed by atoms with Crippen LogP contribution >= 0.6 is 11.6 Å². The minimum absolute atomic E-state index is 0.0640. The number of sulfone groups is 1. The van der Waals surface area contributed by atoms with Crippen LogP contribution in [-0.2, 0) is 31.7 Å². The van der Waals surface area contributed by atoms with E-state index < -0.39 is 9.84 Å². The van der Waals surface area contributed by atoms with Crippen LogP contribution in [0.15, 0.2) is 59.6 Å². The second kappa shape index (κ2) is 10.7. The summed E-state index contributed by atoms with van der Waals surface area (Å²) in [7, 11) is -3.61. The molecule has 1 N–H and O–H groups in total. The average Bonchev–Trinajstić information content (AvgIpc) is 3.18. The second-order valence-corrected chi connectivity index (χ2v) is 10.6. The molecule has 0 aliphatic carbocycles. The monoisotopic (exact) mass is 489 g/mol. The minimum Gasteiger partial charge on any atom is -0.379 e. The van der Waals surface area contributed by atoms with Gasteiger partial charge in [0.25, 0.3) is 0 Å². The number of morpholine rings is 1. The van der Waals surface area contributed by atoms with Crippen molar-refractivity contribution in [1.29, 1.82) is 0 Å². The highest BCUT2D eigenvalue weighted by atomic mass is 35.5. The van der Waals surface area contributed by atoms with Crippen LogP contribution in [0.3, 0.4) is 0 Å². The largest absolute Gasteiger partial charge is 0.379 e. The summed E-state index contributed by atoms with van der Waals surface area (Å²) in [5.74, 6) is -0.272. The lowest BCUT2D eigenvalue weighted by Gasteiger charge is -2.26. The van der Waals surface area contributed by atoms with E-state index in [4.69, 9.17) is 16.3 Å². The van der Waals surface area contributed by atoms with E-state index in [1.165, 1.54) is 0 Å². The van der Waals surface area contributed by atoms with Crippen LogP contribution in [0, 0.1) is 0 Å². The predicted octanol–water partition coefficient (Wildman–Crippen LogP) is 3.11. The summed E-state index contributed by atoms with van der Waals surface area (Å²) < 4.78 is 33.5. The van der Waals surface area contributed by atoms with Crippen LogP contribution in [-0.4, -0.2) is 63.2 Å². The fraction of sp³-hybridized carbons (Fsp3) is 0.375. The Kier molecular flexibility index (Phi) is 7.70. The first-order valence-electron chi connectivity index (χ1n) is 11.0. The number of para-hydroxylation sites is 1. The molecule has 176 valence electrons. The molecule has 0 unspecified atom stereocenters. The van der Waals surface area contributed by atoms with Crippen molar-refractivity contribution in [2.75, 3.05) is 39.4 Å². The minimum atomic E-state index is -3.61. The van der Waals surface area contributed by atoms with E-state index in [9.17, 15) is 13.2 Å². The standard InChI is InChI=1S/C24H28ClN3O4S/c25-20-8-6-19(7-9-20)18-33(30,31)23-16-28(22-5-2-1-4-21(22)23)17-24(29)26-10-3-11-27-12-14-32-15-13-27/h1-2,4-9,16H,3,10-15,17-18H2,(H,26,29). The summed E-state index contributed by atoms with van der Waals surface area (Å²) >= 11 is 5.92. The average molecular weight is 490 g/mol. The predicted molar refractivity (Wildman–Crippen MR) is 129 cm³/mol. The highest BCUT2D eigenvalue weighted by Gasteiger charge is 2.22. The van der Waals surface area contributed by atoms with Gasteiger partial charge in [-0.05, 0) is 36.7 Å². The number of amides is 1. The highest BCUT2D eigenvalue weighted by Crippen LogP contribution is 2.28. The molecule has 4 rings (SSSR count). The van der Waals surface area contributed by atoms with E-state index in [0.717, 1.165) is 44.8 Å². The molecule has 1 fully saturated rings. The van der Waals surface area contributed by atoms with Crippen molar-refractivity contribution in [3.8, 4) is 0 Å². The summed E-state index contributed by atoms with van der Waals surface area (Å²) in [6.07, 6.45) is 2.43. The van der Waals surface area contributed by atoms with Gasteiger partial charge in [0.2, 0.25) is 5.91 Å². The Morgan fingerprint density at radius 2 is 1.79 bits per heavy atom. The van der Waals surface area contributed by atoms with Crippen molar-refractivity contribution in [1.82, 2.24) is 14.8 Å². The first-order valence-corrected chi connectivity index (χ1v) is 13.1. The summed E-state index contributed by atoms with van der Waals surface area (Å²) in [6.45, 7) is 4.94. The van der Waals surface area contributed by atoms with E-state index in [-0.39, 0.29) is 23.1 Å². The van der Waals surface area contributed by atoms with Crippen LogP contribution in [0.5, 0.6) is 0 Å². The molecule has 0 spiro atoms. The molecule has 0 bridgehead atoms. The molecule has 1 aliphatic rings. The van der Waals surface area contributed by atoms with Crippen molar-refractivity contribution < 1.29 is 17.9 Å². The Hall–Kier alpha value is -2.39. The third kappa shape index (κ3) is 6.14. The van der Waals surface area contributed by atoms with Gasteiger partial charge in [0.15, 0.2) is 9.84 Å². The number of ether oxygens (including phenoxy) is 1. The first-order chi connectivity index (χ1) is 15.9. The number of nitrogens with zero attached hydrogens (tertiary/aromatic N) is 2. The van der Waals surface area contributed by atoms with E-state index >= 15 is 0 Å². The van der Waals surface area contributed by atoms with Crippen LogP contribution in [0.2, 0.25) is 5.02 Å². The summed E-state index contributed by atoms with van der Waals surface area (Å²) in [5, 5.41) is 4.13. The van der Waals surface area contributed by atoms with Gasteiger partial charge in [-0.25, -0.2) is 8.42 Å². The van der Waals surface area contributed by atoms with E-state index in [2.05, 4.69) is 10.2 Å². The Labute approximate surface area is 199 Å². The van der Waals surface area contributed by atoms with Crippen molar-refractivity contribution in [3.63, 3.8) is 0 Å². The van der Waals surface area contributed by atoms with Crippen LogP contribution < -0.4 is 5.32 Å². The molecule has 1 aliphatic heterocycles. The fourth-order valence-electron chi connectivity index (χ4n) is 4.04. The van der Waals surface area contributed by atoms with Gasteiger partial charge >= 0.3 is 0 Å².